The highest BCUT2D eigenvalue weighted by Gasteiger charge is 2.09. The zero-order chi connectivity index (χ0) is 15.8. The van der Waals surface area contributed by atoms with Gasteiger partial charge in [-0.3, -0.25) is 5.10 Å². The third-order valence-corrected chi connectivity index (χ3v) is 4.39. The third-order valence-electron chi connectivity index (χ3n) is 4.14. The van der Waals surface area contributed by atoms with Gasteiger partial charge in [0, 0.05) is 17.1 Å². The topological polar surface area (TPSA) is 40.7 Å². The van der Waals surface area contributed by atoms with E-state index in [1.165, 1.54) is 31.2 Å². The number of hydrogen-bond acceptors (Lipinski definition) is 2. The molecule has 0 radical (unpaired) electrons. The molecule has 0 aliphatic carbocycles. The number of unbranched alkanes of at least 4 members (excludes halogenated alkanes) is 1. The minimum absolute atomic E-state index is 0.754. The molecule has 0 bridgehead atoms. The smallest absolute Gasteiger partial charge is 0.0695 e. The molecule has 3 nitrogen and oxygen atoms in total. The van der Waals surface area contributed by atoms with Crippen molar-refractivity contribution in [3.05, 3.63) is 41.0 Å². The van der Waals surface area contributed by atoms with Crippen LogP contribution in [0.2, 0.25) is 5.02 Å². The van der Waals surface area contributed by atoms with Gasteiger partial charge >= 0.3 is 0 Å². The number of aromatic amines is 1. The Morgan fingerprint density at radius 1 is 1.23 bits per heavy atom. The average Bonchev–Trinajstić information content (AvgIpc) is 3.00. The van der Waals surface area contributed by atoms with E-state index in [1.54, 1.807) is 0 Å². The van der Waals surface area contributed by atoms with Crippen LogP contribution in [0.5, 0.6) is 0 Å². The van der Waals surface area contributed by atoms with Gasteiger partial charge in [0.25, 0.3) is 0 Å². The van der Waals surface area contributed by atoms with Crippen LogP contribution in [-0.2, 0) is 6.54 Å². The van der Waals surface area contributed by atoms with Crippen LogP contribution in [-0.4, -0.2) is 16.7 Å². The number of halogens is 1. The number of hydrogen-bond donors (Lipinski definition) is 2. The van der Waals surface area contributed by atoms with Crippen LogP contribution in [0.1, 0.15) is 45.1 Å². The summed E-state index contributed by atoms with van der Waals surface area (Å²) in [6.07, 6.45) is 7.06. The Bertz CT molecular complexity index is 548. The van der Waals surface area contributed by atoms with Crippen molar-refractivity contribution in [1.82, 2.24) is 15.5 Å². The van der Waals surface area contributed by atoms with E-state index < -0.39 is 0 Å². The minimum atomic E-state index is 0.754. The van der Waals surface area contributed by atoms with Crippen LogP contribution in [0.25, 0.3) is 11.3 Å². The van der Waals surface area contributed by atoms with E-state index in [2.05, 4.69) is 29.4 Å². The third kappa shape index (κ3) is 4.85. The van der Waals surface area contributed by atoms with E-state index in [-0.39, 0.29) is 0 Å². The van der Waals surface area contributed by atoms with E-state index in [0.29, 0.717) is 0 Å². The van der Waals surface area contributed by atoms with Crippen molar-refractivity contribution >= 4 is 11.6 Å². The maximum atomic E-state index is 5.95. The van der Waals surface area contributed by atoms with Crippen molar-refractivity contribution < 1.29 is 0 Å². The van der Waals surface area contributed by atoms with Gasteiger partial charge in [-0.2, -0.15) is 5.10 Å². The molecule has 2 aromatic rings. The summed E-state index contributed by atoms with van der Waals surface area (Å²) >= 11 is 5.95. The van der Waals surface area contributed by atoms with Gasteiger partial charge in [-0.05, 0) is 36.6 Å². The van der Waals surface area contributed by atoms with Gasteiger partial charge < -0.3 is 5.32 Å². The van der Waals surface area contributed by atoms with Crippen LogP contribution < -0.4 is 5.32 Å². The summed E-state index contributed by atoms with van der Waals surface area (Å²) in [4.78, 5) is 0. The second-order valence-electron chi connectivity index (χ2n) is 5.82. The first-order valence-corrected chi connectivity index (χ1v) is 8.61. The Kier molecular flexibility index (Phi) is 6.94. The Morgan fingerprint density at radius 3 is 2.68 bits per heavy atom. The number of nitrogens with zero attached hydrogens (tertiary/aromatic N) is 1. The van der Waals surface area contributed by atoms with Crippen molar-refractivity contribution in [1.29, 1.82) is 0 Å². The van der Waals surface area contributed by atoms with Gasteiger partial charge in [0.1, 0.15) is 0 Å². The highest BCUT2D eigenvalue weighted by molar-refractivity contribution is 6.30. The molecule has 0 aliphatic rings. The Labute approximate surface area is 138 Å². The van der Waals surface area contributed by atoms with Crippen molar-refractivity contribution in [3.8, 4) is 11.3 Å². The molecule has 1 heterocycles. The molecule has 1 unspecified atom stereocenters. The average molecular weight is 320 g/mol. The molecule has 0 saturated carbocycles. The van der Waals surface area contributed by atoms with Gasteiger partial charge in [0.2, 0.25) is 0 Å². The highest BCUT2D eigenvalue weighted by atomic mass is 35.5. The molecule has 0 saturated heterocycles. The van der Waals surface area contributed by atoms with Gasteiger partial charge in [-0.1, -0.05) is 56.8 Å². The van der Waals surface area contributed by atoms with Crippen LogP contribution in [0, 0.1) is 5.92 Å². The van der Waals surface area contributed by atoms with Gasteiger partial charge in [-0.25, -0.2) is 0 Å². The van der Waals surface area contributed by atoms with Gasteiger partial charge in [-0.15, -0.1) is 0 Å². The Hall–Kier alpha value is -1.32. The van der Waals surface area contributed by atoms with Crippen LogP contribution in [0.4, 0.5) is 0 Å². The molecular weight excluding hydrogens is 294 g/mol. The fraction of sp³-hybridized carbons (Fsp3) is 0.500. The fourth-order valence-corrected chi connectivity index (χ4v) is 2.79. The lowest BCUT2D eigenvalue weighted by Crippen LogP contribution is -2.22. The molecular formula is C18H26ClN3. The number of aromatic nitrogens is 2. The predicted octanol–water partition coefficient (Wildman–Crippen LogP) is 5.04. The Balaban J connectivity index is 1.91. The molecule has 4 heteroatoms. The molecule has 1 atom stereocenters. The van der Waals surface area contributed by atoms with Crippen molar-refractivity contribution in [3.63, 3.8) is 0 Å². The number of nitrogens with one attached hydrogen (secondary N) is 2. The van der Waals surface area contributed by atoms with E-state index >= 15 is 0 Å². The second kappa shape index (κ2) is 8.96. The standard InChI is InChI=1S/C18H26ClN3/c1-3-5-6-14(4-2)11-20-12-16-13-21-22-18(16)15-7-9-17(19)10-8-15/h7-10,13-14,20H,3-6,11-12H2,1-2H3,(H,21,22). The first-order chi connectivity index (χ1) is 10.7. The lowest BCUT2D eigenvalue weighted by molar-refractivity contribution is 0.419. The van der Waals surface area contributed by atoms with Crippen LogP contribution >= 0.6 is 11.6 Å². The zero-order valence-electron chi connectivity index (χ0n) is 13.5. The number of rotatable bonds is 9. The molecule has 1 aromatic heterocycles. The monoisotopic (exact) mass is 319 g/mol. The molecule has 120 valence electrons. The summed E-state index contributed by atoms with van der Waals surface area (Å²) < 4.78 is 0. The summed E-state index contributed by atoms with van der Waals surface area (Å²) in [5.41, 5.74) is 3.40. The summed E-state index contributed by atoms with van der Waals surface area (Å²) in [7, 11) is 0. The first kappa shape index (κ1) is 17.0. The SMILES string of the molecule is CCCCC(CC)CNCc1cn[nH]c1-c1ccc(Cl)cc1. The van der Waals surface area contributed by atoms with E-state index in [0.717, 1.165) is 35.3 Å². The number of benzene rings is 1. The van der Waals surface area contributed by atoms with Crippen molar-refractivity contribution in [2.24, 2.45) is 5.92 Å². The van der Waals surface area contributed by atoms with Gasteiger partial charge in [0.05, 0.1) is 11.9 Å². The van der Waals surface area contributed by atoms with Gasteiger partial charge in [0.15, 0.2) is 0 Å². The summed E-state index contributed by atoms with van der Waals surface area (Å²) in [5.74, 6) is 0.769. The predicted molar refractivity (Wildman–Crippen MR) is 94.0 cm³/mol. The van der Waals surface area contributed by atoms with E-state index in [1.807, 2.05) is 30.5 Å². The van der Waals surface area contributed by atoms with Crippen molar-refractivity contribution in [2.75, 3.05) is 6.54 Å². The molecule has 0 fully saturated rings. The quantitative estimate of drug-likeness (QED) is 0.680. The summed E-state index contributed by atoms with van der Waals surface area (Å²) in [6, 6.07) is 7.87. The molecule has 22 heavy (non-hydrogen) atoms. The fourth-order valence-electron chi connectivity index (χ4n) is 2.67. The van der Waals surface area contributed by atoms with Crippen LogP contribution in [0.3, 0.4) is 0 Å². The molecule has 0 amide bonds. The van der Waals surface area contributed by atoms with E-state index in [9.17, 15) is 0 Å². The number of H-pyrrole nitrogens is 1. The summed E-state index contributed by atoms with van der Waals surface area (Å²) in [6.45, 7) is 6.45. The molecule has 2 N–H and O–H groups in total. The zero-order valence-corrected chi connectivity index (χ0v) is 14.3. The molecule has 0 aliphatic heterocycles. The molecule has 2 rings (SSSR count). The lowest BCUT2D eigenvalue weighted by atomic mass is 9.99. The summed E-state index contributed by atoms with van der Waals surface area (Å²) in [5, 5.41) is 11.6. The second-order valence-corrected chi connectivity index (χ2v) is 6.26. The Morgan fingerprint density at radius 2 is 2.00 bits per heavy atom. The maximum absolute atomic E-state index is 5.95. The largest absolute Gasteiger partial charge is 0.312 e. The van der Waals surface area contributed by atoms with E-state index in [4.69, 9.17) is 11.6 Å². The highest BCUT2D eigenvalue weighted by Crippen LogP contribution is 2.23. The van der Waals surface area contributed by atoms with Crippen molar-refractivity contribution in [2.45, 2.75) is 46.1 Å². The normalized spacial score (nSPS) is 12.5. The molecule has 0 spiro atoms. The first-order valence-electron chi connectivity index (χ1n) is 8.23. The minimum Gasteiger partial charge on any atom is -0.312 e. The maximum Gasteiger partial charge on any atom is 0.0695 e. The lowest BCUT2D eigenvalue weighted by Gasteiger charge is -2.15. The van der Waals surface area contributed by atoms with Crippen LogP contribution in [0.15, 0.2) is 30.5 Å². The molecule has 1 aromatic carbocycles.